The lowest BCUT2D eigenvalue weighted by Gasteiger charge is -2.39. The average molecular weight is 869 g/mol. The van der Waals surface area contributed by atoms with Crippen LogP contribution < -0.4 is 25.8 Å². The second kappa shape index (κ2) is 18.0. The smallest absolute Gasteiger partial charge is 0.376 e. The van der Waals surface area contributed by atoms with Crippen molar-refractivity contribution in [1.29, 1.82) is 0 Å². The lowest BCUT2D eigenvalue weighted by Crippen LogP contribution is -2.54. The predicted molar refractivity (Wildman–Crippen MR) is 225 cm³/mol. The van der Waals surface area contributed by atoms with Gasteiger partial charge in [-0.25, -0.2) is 9.83 Å². The number of nitrogens with one attached hydrogen (secondary N) is 3. The molecule has 8 rings (SSSR count). The van der Waals surface area contributed by atoms with E-state index in [0.29, 0.717) is 62.1 Å². The summed E-state index contributed by atoms with van der Waals surface area (Å²) in [7, 11) is 0. The largest absolute Gasteiger partial charge is 0.407 e. The number of imide groups is 2. The van der Waals surface area contributed by atoms with Crippen molar-refractivity contribution < 1.29 is 41.9 Å². The number of hydrogen-bond acceptors (Lipinski definition) is 11. The highest BCUT2D eigenvalue weighted by Crippen LogP contribution is 2.39. The van der Waals surface area contributed by atoms with Crippen LogP contribution in [0.2, 0.25) is 0 Å². The topological polar surface area (TPSA) is 172 Å². The molecule has 5 aliphatic rings. The molecule has 2 aromatic carbocycles. The van der Waals surface area contributed by atoms with E-state index < -0.39 is 47.1 Å². The molecule has 4 fully saturated rings. The molecule has 0 spiro atoms. The van der Waals surface area contributed by atoms with Crippen LogP contribution in [0.1, 0.15) is 64.8 Å². The van der Waals surface area contributed by atoms with Crippen molar-refractivity contribution in [2.24, 2.45) is 11.8 Å². The van der Waals surface area contributed by atoms with Crippen LogP contribution in [0.4, 0.5) is 41.7 Å². The van der Waals surface area contributed by atoms with E-state index in [1.807, 2.05) is 15.9 Å². The van der Waals surface area contributed by atoms with E-state index in [-0.39, 0.29) is 48.2 Å². The van der Waals surface area contributed by atoms with Crippen LogP contribution in [0, 0.1) is 18.4 Å². The van der Waals surface area contributed by atoms with Crippen LogP contribution >= 0.6 is 0 Å². The molecule has 16 nitrogen and oxygen atoms in total. The van der Waals surface area contributed by atoms with E-state index in [2.05, 4.69) is 35.6 Å². The molecule has 0 aliphatic carbocycles. The van der Waals surface area contributed by atoms with Gasteiger partial charge in [0, 0.05) is 82.6 Å². The predicted octanol–water partition coefficient (Wildman–Crippen LogP) is 4.38. The molecule has 1 aromatic heterocycles. The van der Waals surface area contributed by atoms with Crippen molar-refractivity contribution in [1.82, 2.24) is 25.0 Å². The molecule has 5 aliphatic heterocycles. The summed E-state index contributed by atoms with van der Waals surface area (Å²) in [6.45, 7) is 13.5. The summed E-state index contributed by atoms with van der Waals surface area (Å²) in [6, 6.07) is 11.1. The summed E-state index contributed by atoms with van der Waals surface area (Å²) >= 11 is 0. The molecule has 6 heterocycles. The molecule has 63 heavy (non-hydrogen) atoms. The summed E-state index contributed by atoms with van der Waals surface area (Å²) in [4.78, 5) is 93.1. The number of alkyl halides is 3. The van der Waals surface area contributed by atoms with E-state index >= 15 is 0 Å². The molecule has 1 atom stereocenters. The Labute approximate surface area is 361 Å². The number of piperazine rings is 1. The van der Waals surface area contributed by atoms with Gasteiger partial charge in [0.25, 0.3) is 11.8 Å². The standard InChI is InChI=1S/C44H47F3N10O6/c1-48-35-6-3-30(23-34(35)44(45,46)47)54-16-12-28(13-17-54)40(60)51-37-8-4-31(24-50-37)55-20-18-53(19-21-55)26-27-10-14-56(15-11-27)39(59)25-49-29-2-5-32-33(22-29)43(63)57(42(32)62)36-7-9-38(58)52-41(36)61/h2-6,8,22-24,27-28,36,49H,7,9-21,25-26H2,(H,50,51,60)(H,52,58,61). The third kappa shape index (κ3) is 9.45. The van der Waals surface area contributed by atoms with E-state index in [0.717, 1.165) is 62.2 Å². The Bertz CT molecular complexity index is 2330. The Balaban J connectivity index is 0.729. The number of rotatable bonds is 10. The van der Waals surface area contributed by atoms with Crippen molar-refractivity contribution in [3.05, 3.63) is 82.8 Å². The van der Waals surface area contributed by atoms with Crippen molar-refractivity contribution in [3.8, 4) is 0 Å². The average Bonchev–Trinajstić information content (AvgIpc) is 3.53. The van der Waals surface area contributed by atoms with Crippen LogP contribution in [0.5, 0.6) is 0 Å². The van der Waals surface area contributed by atoms with Crippen molar-refractivity contribution in [2.45, 2.75) is 50.7 Å². The van der Waals surface area contributed by atoms with Gasteiger partial charge in [-0.05, 0) is 80.5 Å². The third-order valence-corrected chi connectivity index (χ3v) is 12.7. The Hall–Kier alpha value is -6.55. The van der Waals surface area contributed by atoms with Gasteiger partial charge >= 0.3 is 6.18 Å². The van der Waals surface area contributed by atoms with E-state index in [9.17, 15) is 41.9 Å². The number of nitrogens with zero attached hydrogens (tertiary/aromatic N) is 7. The molecular formula is C44H47F3N10O6. The van der Waals surface area contributed by atoms with Crippen LogP contribution in [0.3, 0.4) is 0 Å². The fourth-order valence-corrected chi connectivity index (χ4v) is 9.11. The minimum atomic E-state index is -4.63. The van der Waals surface area contributed by atoms with Gasteiger partial charge in [0.1, 0.15) is 11.9 Å². The number of pyridine rings is 1. The van der Waals surface area contributed by atoms with E-state index in [4.69, 9.17) is 6.57 Å². The van der Waals surface area contributed by atoms with Crippen molar-refractivity contribution in [3.63, 3.8) is 0 Å². The van der Waals surface area contributed by atoms with Gasteiger partial charge in [0.2, 0.25) is 23.6 Å². The molecule has 19 heteroatoms. The quantitative estimate of drug-likeness (QED) is 0.195. The van der Waals surface area contributed by atoms with Gasteiger partial charge in [-0.1, -0.05) is 6.07 Å². The van der Waals surface area contributed by atoms with Gasteiger partial charge in [0.05, 0.1) is 41.7 Å². The molecule has 4 saturated heterocycles. The number of carbonyl (C=O) groups is 6. The number of likely N-dealkylation sites (tertiary alicyclic amines) is 1. The number of piperidine rings is 3. The monoisotopic (exact) mass is 868 g/mol. The Kier molecular flexibility index (Phi) is 12.3. The fraction of sp³-hybridized carbons (Fsp3) is 0.455. The number of carbonyl (C=O) groups excluding carboxylic acids is 6. The number of halogens is 3. The van der Waals surface area contributed by atoms with Crippen LogP contribution in [0.25, 0.3) is 4.85 Å². The lowest BCUT2D eigenvalue weighted by molar-refractivity contribution is -0.137. The molecule has 6 amide bonds. The summed E-state index contributed by atoms with van der Waals surface area (Å²) in [6.07, 6.45) is -0.0502. The highest BCUT2D eigenvalue weighted by atomic mass is 19.4. The number of anilines is 4. The Morgan fingerprint density at radius 3 is 2.17 bits per heavy atom. The summed E-state index contributed by atoms with van der Waals surface area (Å²) in [5.74, 6) is -1.95. The zero-order valence-electron chi connectivity index (χ0n) is 34.5. The van der Waals surface area contributed by atoms with E-state index in [1.165, 1.54) is 24.3 Å². The van der Waals surface area contributed by atoms with Crippen LogP contribution in [-0.4, -0.2) is 127 Å². The maximum atomic E-state index is 13.5. The summed E-state index contributed by atoms with van der Waals surface area (Å²) in [5, 5.41) is 8.17. The van der Waals surface area contributed by atoms with Crippen molar-refractivity contribution in [2.75, 3.05) is 85.9 Å². The molecule has 3 N–H and O–H groups in total. The highest BCUT2D eigenvalue weighted by Gasteiger charge is 2.45. The number of amides is 6. The zero-order chi connectivity index (χ0) is 44.4. The van der Waals surface area contributed by atoms with Crippen LogP contribution in [0.15, 0.2) is 54.7 Å². The molecule has 3 aromatic rings. The minimum absolute atomic E-state index is 0.0224. The number of aromatic nitrogens is 1. The fourth-order valence-electron chi connectivity index (χ4n) is 9.11. The van der Waals surface area contributed by atoms with Crippen LogP contribution in [-0.2, 0) is 25.4 Å². The first-order valence-electron chi connectivity index (χ1n) is 21.2. The highest BCUT2D eigenvalue weighted by molar-refractivity contribution is 6.23. The molecule has 0 saturated carbocycles. The Morgan fingerprint density at radius 1 is 0.810 bits per heavy atom. The first-order chi connectivity index (χ1) is 30.2. The SMILES string of the molecule is [C-]#[N+]c1ccc(N2CCC(C(=O)Nc3ccc(N4CCN(CC5CCN(C(=O)CNc6ccc7c(c6)C(=O)N(C6CCC(=O)NC6=O)C7=O)CC5)CC4)cn3)CC2)cc1C(F)(F)F. The molecule has 0 radical (unpaired) electrons. The second-order valence-corrected chi connectivity index (χ2v) is 16.6. The van der Waals surface area contributed by atoms with Gasteiger partial charge in [-0.15, -0.1) is 0 Å². The van der Waals surface area contributed by atoms with Gasteiger partial charge in [-0.2, -0.15) is 13.2 Å². The Morgan fingerprint density at radius 2 is 1.51 bits per heavy atom. The normalized spacial score (nSPS) is 20.4. The number of hydrogen-bond donors (Lipinski definition) is 3. The molecule has 1 unspecified atom stereocenters. The van der Waals surface area contributed by atoms with Gasteiger partial charge < -0.3 is 25.3 Å². The third-order valence-electron chi connectivity index (χ3n) is 12.7. The first-order valence-corrected chi connectivity index (χ1v) is 21.2. The lowest BCUT2D eigenvalue weighted by atomic mass is 9.95. The van der Waals surface area contributed by atoms with Gasteiger partial charge in [0.15, 0.2) is 5.69 Å². The zero-order valence-corrected chi connectivity index (χ0v) is 34.5. The van der Waals surface area contributed by atoms with Crippen molar-refractivity contribution >= 4 is 64.0 Å². The maximum Gasteiger partial charge on any atom is 0.407 e. The molecular weight excluding hydrogens is 822 g/mol. The molecule has 0 bridgehead atoms. The summed E-state index contributed by atoms with van der Waals surface area (Å²) < 4.78 is 40.4. The number of benzene rings is 2. The molecule has 330 valence electrons. The van der Waals surface area contributed by atoms with E-state index in [1.54, 1.807) is 18.3 Å². The second-order valence-electron chi connectivity index (χ2n) is 16.6. The first kappa shape index (κ1) is 43.1. The van der Waals surface area contributed by atoms with Gasteiger partial charge in [-0.3, -0.25) is 43.9 Å². The summed E-state index contributed by atoms with van der Waals surface area (Å²) in [5.41, 5.74) is 0.779. The minimum Gasteiger partial charge on any atom is -0.376 e. The maximum absolute atomic E-state index is 13.5. The number of fused-ring (bicyclic) bond motifs is 1.